The average Bonchev–Trinajstić information content (AvgIpc) is 1.99. The quantitative estimate of drug-likeness (QED) is 0.571. The monoisotopic (exact) mass is 157 g/mol. The molecule has 0 radical (unpaired) electrons. The van der Waals surface area contributed by atoms with Gasteiger partial charge in [-0.25, -0.2) is 4.79 Å². The van der Waals surface area contributed by atoms with Crippen molar-refractivity contribution < 1.29 is 14.7 Å². The molecule has 4 nitrogen and oxygen atoms in total. The summed E-state index contributed by atoms with van der Waals surface area (Å²) < 4.78 is 0. The zero-order valence-corrected chi connectivity index (χ0v) is 6.33. The van der Waals surface area contributed by atoms with E-state index in [-0.39, 0.29) is 0 Å². The third kappa shape index (κ3) is 3.40. The van der Waals surface area contributed by atoms with E-state index in [1.807, 2.05) is 0 Å². The summed E-state index contributed by atoms with van der Waals surface area (Å²) in [5.41, 5.74) is 0. The molecule has 2 N–H and O–H groups in total. The second-order valence-corrected chi connectivity index (χ2v) is 2.01. The lowest BCUT2D eigenvalue weighted by molar-refractivity contribution is -0.141. The van der Waals surface area contributed by atoms with Gasteiger partial charge in [-0.3, -0.25) is 4.79 Å². The Morgan fingerprint density at radius 2 is 2.27 bits per heavy atom. The van der Waals surface area contributed by atoms with Crippen molar-refractivity contribution in [2.45, 2.75) is 19.4 Å². The van der Waals surface area contributed by atoms with E-state index >= 15 is 0 Å². The Balaban J connectivity index is 3.97. The zero-order chi connectivity index (χ0) is 8.85. The first-order valence-electron chi connectivity index (χ1n) is 3.27. The van der Waals surface area contributed by atoms with E-state index < -0.39 is 17.9 Å². The molecule has 0 aromatic carbocycles. The van der Waals surface area contributed by atoms with E-state index in [4.69, 9.17) is 5.11 Å². The van der Waals surface area contributed by atoms with Gasteiger partial charge in [0.2, 0.25) is 5.91 Å². The summed E-state index contributed by atoms with van der Waals surface area (Å²) in [7, 11) is 0. The topological polar surface area (TPSA) is 66.4 Å². The molecule has 0 unspecified atom stereocenters. The maximum Gasteiger partial charge on any atom is 0.326 e. The number of rotatable bonds is 4. The molecule has 0 rings (SSSR count). The predicted octanol–water partition coefficient (Wildman–Crippen LogP) is 0.152. The average molecular weight is 157 g/mol. The van der Waals surface area contributed by atoms with Crippen LogP contribution in [0.15, 0.2) is 12.7 Å². The van der Waals surface area contributed by atoms with Gasteiger partial charge >= 0.3 is 5.97 Å². The van der Waals surface area contributed by atoms with Crippen LogP contribution in [0.1, 0.15) is 13.3 Å². The van der Waals surface area contributed by atoms with Gasteiger partial charge in [0.25, 0.3) is 0 Å². The van der Waals surface area contributed by atoms with Crippen molar-refractivity contribution in [2.75, 3.05) is 0 Å². The fourth-order valence-electron chi connectivity index (χ4n) is 0.569. The Kier molecular flexibility index (Phi) is 3.95. The third-order valence-corrected chi connectivity index (χ3v) is 1.21. The van der Waals surface area contributed by atoms with Gasteiger partial charge in [-0.2, -0.15) is 0 Å². The molecule has 0 aromatic heterocycles. The molecule has 1 atom stereocenters. The normalized spacial score (nSPS) is 11.7. The van der Waals surface area contributed by atoms with Gasteiger partial charge in [0.15, 0.2) is 0 Å². The molecule has 0 spiro atoms. The smallest absolute Gasteiger partial charge is 0.326 e. The number of carboxylic acid groups (broad SMARTS) is 1. The van der Waals surface area contributed by atoms with E-state index in [0.717, 1.165) is 6.08 Å². The minimum Gasteiger partial charge on any atom is -0.480 e. The van der Waals surface area contributed by atoms with Crippen LogP contribution in [0.4, 0.5) is 0 Å². The van der Waals surface area contributed by atoms with E-state index in [9.17, 15) is 9.59 Å². The van der Waals surface area contributed by atoms with Crippen molar-refractivity contribution in [1.29, 1.82) is 0 Å². The summed E-state index contributed by atoms with van der Waals surface area (Å²) in [6.45, 7) is 4.89. The Labute approximate surface area is 64.9 Å². The Hall–Kier alpha value is -1.32. The first-order chi connectivity index (χ1) is 5.11. The molecule has 0 heterocycles. The van der Waals surface area contributed by atoms with Crippen molar-refractivity contribution in [3.05, 3.63) is 12.7 Å². The minimum atomic E-state index is -1.03. The largest absolute Gasteiger partial charge is 0.480 e. The molecule has 1 amide bonds. The second kappa shape index (κ2) is 4.49. The fraction of sp³-hybridized carbons (Fsp3) is 0.429. The molecular formula is C7H11NO3. The fourth-order valence-corrected chi connectivity index (χ4v) is 0.569. The Morgan fingerprint density at radius 1 is 1.73 bits per heavy atom. The van der Waals surface area contributed by atoms with Gasteiger partial charge in [0.05, 0.1) is 0 Å². The number of amides is 1. The second-order valence-electron chi connectivity index (χ2n) is 2.01. The van der Waals surface area contributed by atoms with Crippen LogP contribution in [-0.4, -0.2) is 23.0 Å². The highest BCUT2D eigenvalue weighted by Crippen LogP contribution is 1.90. The molecule has 0 aromatic rings. The third-order valence-electron chi connectivity index (χ3n) is 1.21. The number of carbonyl (C=O) groups excluding carboxylic acids is 1. The maximum atomic E-state index is 10.6. The summed E-state index contributed by atoms with van der Waals surface area (Å²) in [5.74, 6) is -1.48. The molecule has 0 bridgehead atoms. The molecule has 0 fully saturated rings. The summed E-state index contributed by atoms with van der Waals surface area (Å²) in [6, 6.07) is -0.805. The van der Waals surface area contributed by atoms with Crippen molar-refractivity contribution in [3.8, 4) is 0 Å². The van der Waals surface area contributed by atoms with Gasteiger partial charge in [-0.15, -0.1) is 0 Å². The lowest BCUT2D eigenvalue weighted by Gasteiger charge is -2.09. The minimum absolute atomic E-state index is 0.370. The van der Waals surface area contributed by atoms with Crippen LogP contribution in [0.25, 0.3) is 0 Å². The van der Waals surface area contributed by atoms with Crippen LogP contribution < -0.4 is 5.32 Å². The molecule has 11 heavy (non-hydrogen) atoms. The van der Waals surface area contributed by atoms with Crippen LogP contribution >= 0.6 is 0 Å². The van der Waals surface area contributed by atoms with E-state index in [1.165, 1.54) is 0 Å². The highest BCUT2D eigenvalue weighted by Gasteiger charge is 2.15. The van der Waals surface area contributed by atoms with Crippen molar-refractivity contribution in [2.24, 2.45) is 0 Å². The number of carbonyl (C=O) groups is 2. The molecule has 0 saturated heterocycles. The van der Waals surface area contributed by atoms with Gasteiger partial charge in [-0.05, 0) is 12.5 Å². The lowest BCUT2D eigenvalue weighted by Crippen LogP contribution is -2.39. The van der Waals surface area contributed by atoms with Crippen molar-refractivity contribution >= 4 is 11.9 Å². The first-order valence-corrected chi connectivity index (χ1v) is 3.27. The molecule has 0 aliphatic heterocycles. The highest BCUT2D eigenvalue weighted by atomic mass is 16.4. The van der Waals surface area contributed by atoms with E-state index in [1.54, 1.807) is 6.92 Å². The Bertz CT molecular complexity index is 177. The summed E-state index contributed by atoms with van der Waals surface area (Å²) in [4.78, 5) is 20.9. The zero-order valence-electron chi connectivity index (χ0n) is 6.33. The SMILES string of the molecule is C=CC(=O)N[C@H](CC)C(=O)O. The molecule has 0 saturated carbocycles. The summed E-state index contributed by atoms with van der Waals surface area (Å²) >= 11 is 0. The number of hydrogen-bond acceptors (Lipinski definition) is 2. The van der Waals surface area contributed by atoms with Gasteiger partial charge in [0.1, 0.15) is 6.04 Å². The number of nitrogens with one attached hydrogen (secondary N) is 1. The number of carboxylic acids is 1. The molecule has 4 heteroatoms. The van der Waals surface area contributed by atoms with Crippen LogP contribution in [0.3, 0.4) is 0 Å². The van der Waals surface area contributed by atoms with Crippen LogP contribution in [0.2, 0.25) is 0 Å². The van der Waals surface area contributed by atoms with E-state index in [2.05, 4.69) is 11.9 Å². The van der Waals surface area contributed by atoms with Gasteiger partial charge < -0.3 is 10.4 Å². The molecular weight excluding hydrogens is 146 g/mol. The standard InChI is InChI=1S/C7H11NO3/c1-3-5(7(10)11)8-6(9)4-2/h4-5H,2-3H2,1H3,(H,8,9)(H,10,11)/t5-/m1/s1. The van der Waals surface area contributed by atoms with Crippen molar-refractivity contribution in [1.82, 2.24) is 5.32 Å². The Morgan fingerprint density at radius 3 is 2.55 bits per heavy atom. The summed E-state index contributed by atoms with van der Waals surface area (Å²) in [6.07, 6.45) is 1.42. The highest BCUT2D eigenvalue weighted by molar-refractivity contribution is 5.90. The number of aliphatic carboxylic acids is 1. The van der Waals surface area contributed by atoms with Crippen molar-refractivity contribution in [3.63, 3.8) is 0 Å². The van der Waals surface area contributed by atoms with Crippen LogP contribution in [0, 0.1) is 0 Å². The predicted molar refractivity (Wildman–Crippen MR) is 40.1 cm³/mol. The number of hydrogen-bond donors (Lipinski definition) is 2. The van der Waals surface area contributed by atoms with Crippen LogP contribution in [-0.2, 0) is 9.59 Å². The molecule has 62 valence electrons. The van der Waals surface area contributed by atoms with Gasteiger partial charge in [0, 0.05) is 0 Å². The molecule has 0 aliphatic rings. The maximum absolute atomic E-state index is 10.6. The van der Waals surface area contributed by atoms with Crippen LogP contribution in [0.5, 0.6) is 0 Å². The summed E-state index contributed by atoms with van der Waals surface area (Å²) in [5, 5.41) is 10.7. The van der Waals surface area contributed by atoms with E-state index in [0.29, 0.717) is 6.42 Å². The van der Waals surface area contributed by atoms with Gasteiger partial charge in [-0.1, -0.05) is 13.5 Å². The first kappa shape index (κ1) is 9.68. The molecule has 0 aliphatic carbocycles. The lowest BCUT2D eigenvalue weighted by atomic mass is 10.2.